The van der Waals surface area contributed by atoms with Crippen LogP contribution in [0, 0.1) is 0 Å². The normalized spacial score (nSPS) is 10.2. The fourth-order valence-corrected chi connectivity index (χ4v) is 2.53. The molecule has 0 saturated carbocycles. The highest BCUT2D eigenvalue weighted by atomic mass is 35.5. The second-order valence-corrected chi connectivity index (χ2v) is 5.70. The lowest BCUT2D eigenvalue weighted by atomic mass is 10.1. The van der Waals surface area contributed by atoms with E-state index in [-0.39, 0.29) is 5.91 Å². The van der Waals surface area contributed by atoms with Crippen molar-refractivity contribution in [3.8, 4) is 5.75 Å². The lowest BCUT2D eigenvalue weighted by Gasteiger charge is -2.09. The predicted octanol–water partition coefficient (Wildman–Crippen LogP) is 4.46. The number of rotatable bonds is 5. The first-order valence-electron chi connectivity index (χ1n) is 6.37. The third-order valence-electron chi connectivity index (χ3n) is 2.95. The van der Waals surface area contributed by atoms with Crippen LogP contribution in [0.4, 0.5) is 5.69 Å². The first kappa shape index (κ1) is 15.7. The van der Waals surface area contributed by atoms with Gasteiger partial charge in [0.05, 0.1) is 17.8 Å². The lowest BCUT2D eigenvalue weighted by molar-refractivity contribution is 0.102. The van der Waals surface area contributed by atoms with Gasteiger partial charge in [-0.15, -0.1) is 0 Å². The first-order valence-corrected chi connectivity index (χ1v) is 8.14. The van der Waals surface area contributed by atoms with Gasteiger partial charge in [0.2, 0.25) is 0 Å². The van der Waals surface area contributed by atoms with Gasteiger partial charge in [-0.05, 0) is 36.1 Å². The van der Waals surface area contributed by atoms with Gasteiger partial charge in [-0.3, -0.25) is 4.79 Å². The highest BCUT2D eigenvalue weighted by Gasteiger charge is 2.09. The van der Waals surface area contributed by atoms with E-state index in [0.717, 1.165) is 5.75 Å². The number of anilines is 1. The van der Waals surface area contributed by atoms with Crippen LogP contribution >= 0.6 is 23.4 Å². The molecule has 0 fully saturated rings. The number of hydrogen-bond acceptors (Lipinski definition) is 3. The maximum Gasteiger partial charge on any atom is 0.255 e. The molecule has 1 amide bonds. The van der Waals surface area contributed by atoms with Crippen LogP contribution in [-0.2, 0) is 5.75 Å². The third kappa shape index (κ3) is 4.16. The van der Waals surface area contributed by atoms with Crippen molar-refractivity contribution >= 4 is 35.0 Å². The number of amides is 1. The minimum atomic E-state index is -0.194. The zero-order chi connectivity index (χ0) is 15.2. The van der Waals surface area contributed by atoms with Crippen LogP contribution in [0.1, 0.15) is 15.9 Å². The Kier molecular flexibility index (Phi) is 5.53. The van der Waals surface area contributed by atoms with Gasteiger partial charge in [-0.1, -0.05) is 23.7 Å². The van der Waals surface area contributed by atoms with Crippen LogP contribution < -0.4 is 10.1 Å². The molecule has 0 radical (unpaired) electrons. The molecule has 0 spiro atoms. The summed E-state index contributed by atoms with van der Waals surface area (Å²) in [5.41, 5.74) is 2.33. The van der Waals surface area contributed by atoms with Gasteiger partial charge in [-0.25, -0.2) is 0 Å². The molecule has 2 aromatic carbocycles. The molecule has 2 aromatic rings. The quantitative estimate of drug-likeness (QED) is 0.883. The summed E-state index contributed by atoms with van der Waals surface area (Å²) < 4.78 is 5.13. The first-order chi connectivity index (χ1) is 10.1. The number of benzene rings is 2. The molecule has 2 rings (SSSR count). The van der Waals surface area contributed by atoms with E-state index >= 15 is 0 Å². The predicted molar refractivity (Wildman–Crippen MR) is 89.6 cm³/mol. The van der Waals surface area contributed by atoms with Crippen molar-refractivity contribution in [1.29, 1.82) is 0 Å². The molecule has 0 aromatic heterocycles. The molecule has 0 heterocycles. The average molecular weight is 322 g/mol. The minimum absolute atomic E-state index is 0.194. The Hall–Kier alpha value is -1.65. The second-order valence-electron chi connectivity index (χ2n) is 4.43. The Morgan fingerprint density at radius 3 is 2.57 bits per heavy atom. The molecule has 21 heavy (non-hydrogen) atoms. The van der Waals surface area contributed by atoms with E-state index < -0.39 is 0 Å². The molecule has 0 saturated heterocycles. The lowest BCUT2D eigenvalue weighted by Crippen LogP contribution is -2.12. The summed E-state index contributed by atoms with van der Waals surface area (Å²) in [6, 6.07) is 12.7. The van der Waals surface area contributed by atoms with Gasteiger partial charge in [0.25, 0.3) is 5.91 Å². The molecule has 0 aliphatic heterocycles. The Morgan fingerprint density at radius 1 is 1.24 bits per heavy atom. The summed E-state index contributed by atoms with van der Waals surface area (Å²) in [5.74, 6) is 1.38. The zero-order valence-electron chi connectivity index (χ0n) is 11.9. The van der Waals surface area contributed by atoms with E-state index in [1.807, 2.05) is 30.5 Å². The summed E-state index contributed by atoms with van der Waals surface area (Å²) in [5, 5.41) is 3.27. The van der Waals surface area contributed by atoms with Gasteiger partial charge < -0.3 is 10.1 Å². The molecule has 0 bridgehead atoms. The molecule has 0 aliphatic rings. The van der Waals surface area contributed by atoms with Gasteiger partial charge in [0.1, 0.15) is 5.75 Å². The second kappa shape index (κ2) is 7.38. The van der Waals surface area contributed by atoms with Crippen LogP contribution in [-0.4, -0.2) is 19.3 Å². The van der Waals surface area contributed by atoms with Crippen LogP contribution in [0.3, 0.4) is 0 Å². The minimum Gasteiger partial charge on any atom is -0.497 e. The number of ether oxygens (including phenoxy) is 1. The summed E-state index contributed by atoms with van der Waals surface area (Å²) >= 11 is 7.82. The Labute approximate surface area is 133 Å². The van der Waals surface area contributed by atoms with Gasteiger partial charge >= 0.3 is 0 Å². The number of carbonyl (C=O) groups excluding carboxylic acids is 1. The molecule has 3 nitrogen and oxygen atoms in total. The number of thioether (sulfide) groups is 1. The van der Waals surface area contributed by atoms with Crippen molar-refractivity contribution in [1.82, 2.24) is 0 Å². The van der Waals surface area contributed by atoms with Gasteiger partial charge in [0.15, 0.2) is 0 Å². The fourth-order valence-electron chi connectivity index (χ4n) is 1.84. The van der Waals surface area contributed by atoms with Crippen molar-refractivity contribution in [2.24, 2.45) is 0 Å². The fraction of sp³-hybridized carbons (Fsp3) is 0.188. The molecule has 0 unspecified atom stereocenters. The molecule has 110 valence electrons. The van der Waals surface area contributed by atoms with Crippen LogP contribution in [0.25, 0.3) is 0 Å². The molecular weight excluding hydrogens is 306 g/mol. The van der Waals surface area contributed by atoms with E-state index in [4.69, 9.17) is 16.3 Å². The van der Waals surface area contributed by atoms with E-state index in [9.17, 15) is 4.79 Å². The summed E-state index contributed by atoms with van der Waals surface area (Å²) in [6.45, 7) is 0. The highest BCUT2D eigenvalue weighted by Crippen LogP contribution is 2.27. The van der Waals surface area contributed by atoms with Gasteiger partial charge in [-0.2, -0.15) is 11.8 Å². The van der Waals surface area contributed by atoms with Crippen molar-refractivity contribution < 1.29 is 9.53 Å². The van der Waals surface area contributed by atoms with Crippen molar-refractivity contribution in [3.63, 3.8) is 0 Å². The zero-order valence-corrected chi connectivity index (χ0v) is 13.4. The van der Waals surface area contributed by atoms with Crippen LogP contribution in [0.15, 0.2) is 42.5 Å². The molecule has 5 heteroatoms. The van der Waals surface area contributed by atoms with Crippen molar-refractivity contribution in [3.05, 3.63) is 58.6 Å². The van der Waals surface area contributed by atoms with E-state index in [1.165, 1.54) is 5.56 Å². The third-order valence-corrected chi connectivity index (χ3v) is 3.90. The number of halogens is 1. The summed E-state index contributed by atoms with van der Waals surface area (Å²) in [4.78, 5) is 12.2. The van der Waals surface area contributed by atoms with Crippen LogP contribution in [0.2, 0.25) is 5.02 Å². The van der Waals surface area contributed by atoms with Crippen molar-refractivity contribution in [2.75, 3.05) is 18.7 Å². The monoisotopic (exact) mass is 321 g/mol. The Morgan fingerprint density at radius 2 is 1.95 bits per heavy atom. The molecule has 0 atom stereocenters. The van der Waals surface area contributed by atoms with Crippen LogP contribution in [0.5, 0.6) is 5.75 Å². The Balaban J connectivity index is 2.14. The van der Waals surface area contributed by atoms with Gasteiger partial charge in [0, 0.05) is 17.4 Å². The average Bonchev–Trinajstić information content (AvgIpc) is 2.50. The number of carbonyl (C=O) groups is 1. The number of hydrogen-bond donors (Lipinski definition) is 1. The molecular formula is C16H16ClNO2S. The van der Waals surface area contributed by atoms with E-state index in [1.54, 1.807) is 37.1 Å². The molecule has 1 N–H and O–H groups in total. The summed E-state index contributed by atoms with van der Waals surface area (Å²) in [6.07, 6.45) is 2.05. The maximum absolute atomic E-state index is 12.2. The SMILES string of the molecule is COc1ccc(Cl)c(NC(=O)c2ccc(CSC)cc2)c1. The number of nitrogens with one attached hydrogen (secondary N) is 1. The molecule has 0 aliphatic carbocycles. The van der Waals surface area contributed by atoms with E-state index in [0.29, 0.717) is 22.0 Å². The van der Waals surface area contributed by atoms with Crippen molar-refractivity contribution in [2.45, 2.75) is 5.75 Å². The highest BCUT2D eigenvalue weighted by molar-refractivity contribution is 7.97. The smallest absolute Gasteiger partial charge is 0.255 e. The standard InChI is InChI=1S/C16H16ClNO2S/c1-20-13-7-8-14(17)15(9-13)18-16(19)12-5-3-11(4-6-12)10-21-2/h3-9H,10H2,1-2H3,(H,18,19). The number of methoxy groups -OCH3 is 1. The largest absolute Gasteiger partial charge is 0.497 e. The Bertz CT molecular complexity index is 629. The van der Waals surface area contributed by atoms with E-state index in [2.05, 4.69) is 5.32 Å². The topological polar surface area (TPSA) is 38.3 Å². The maximum atomic E-state index is 12.2. The summed E-state index contributed by atoms with van der Waals surface area (Å²) in [7, 11) is 1.57.